The highest BCUT2D eigenvalue weighted by atomic mass is 127. The zero-order valence-corrected chi connectivity index (χ0v) is 13.3. The van der Waals surface area contributed by atoms with Crippen LogP contribution in [-0.2, 0) is 0 Å². The number of hydrogen-bond acceptors (Lipinski definition) is 2. The summed E-state index contributed by atoms with van der Waals surface area (Å²) in [4.78, 5) is 16.1. The van der Waals surface area contributed by atoms with Crippen molar-refractivity contribution in [3.8, 4) is 0 Å². The minimum atomic E-state index is -0.0595. The lowest BCUT2D eigenvalue weighted by atomic mass is 10.2. The predicted molar refractivity (Wildman–Crippen MR) is 83.4 cm³/mol. The predicted octanol–water partition coefficient (Wildman–Crippen LogP) is 3.42. The molecule has 1 N–H and O–H groups in total. The Balaban J connectivity index is 2.32. The molecular weight excluding hydrogens is 339 g/mol. The highest BCUT2D eigenvalue weighted by Gasteiger charge is 2.07. The number of carbonyl (C=O) groups excluding carboxylic acids is 1. The van der Waals surface area contributed by atoms with Crippen molar-refractivity contribution in [2.45, 2.75) is 39.5 Å². The zero-order valence-electron chi connectivity index (χ0n) is 11.1. The van der Waals surface area contributed by atoms with Crippen molar-refractivity contribution < 1.29 is 4.79 Å². The number of alkyl halides is 1. The van der Waals surface area contributed by atoms with Crippen LogP contribution < -0.4 is 5.32 Å². The van der Waals surface area contributed by atoms with Crippen LogP contribution >= 0.6 is 22.6 Å². The topological polar surface area (TPSA) is 42.0 Å². The van der Waals surface area contributed by atoms with Gasteiger partial charge in [0.25, 0.3) is 5.91 Å². The van der Waals surface area contributed by atoms with Gasteiger partial charge in [0.05, 0.1) is 0 Å². The van der Waals surface area contributed by atoms with E-state index in [1.165, 1.54) is 23.7 Å². The molecule has 1 aromatic heterocycles. The average molecular weight is 360 g/mol. The lowest BCUT2D eigenvalue weighted by molar-refractivity contribution is 0.0947. The molecule has 0 saturated heterocycles. The summed E-state index contributed by atoms with van der Waals surface area (Å²) in [7, 11) is 0. The first-order valence-electron chi connectivity index (χ1n) is 6.43. The van der Waals surface area contributed by atoms with Crippen molar-refractivity contribution in [2.24, 2.45) is 0 Å². The molecule has 4 heteroatoms. The quantitative estimate of drug-likeness (QED) is 0.460. The number of hydrogen-bond donors (Lipinski definition) is 1. The Morgan fingerprint density at radius 3 is 2.61 bits per heavy atom. The fourth-order valence-electron chi connectivity index (χ4n) is 1.82. The van der Waals surface area contributed by atoms with Crippen LogP contribution in [0.1, 0.15) is 47.4 Å². The third kappa shape index (κ3) is 5.80. The molecule has 0 bridgehead atoms. The van der Waals surface area contributed by atoms with E-state index in [0.29, 0.717) is 5.69 Å². The molecule has 0 aliphatic carbocycles. The number of rotatable bonds is 7. The molecule has 0 saturated carbocycles. The first kappa shape index (κ1) is 15.4. The zero-order chi connectivity index (χ0) is 13.4. The molecule has 0 aromatic carbocycles. The van der Waals surface area contributed by atoms with Crippen molar-refractivity contribution in [3.05, 3.63) is 29.1 Å². The number of pyridine rings is 1. The number of aryl methyl sites for hydroxylation is 2. The van der Waals surface area contributed by atoms with Gasteiger partial charge >= 0.3 is 0 Å². The van der Waals surface area contributed by atoms with E-state index in [-0.39, 0.29) is 5.91 Å². The lowest BCUT2D eigenvalue weighted by Crippen LogP contribution is -2.25. The van der Waals surface area contributed by atoms with Gasteiger partial charge in [-0.25, -0.2) is 4.98 Å². The van der Waals surface area contributed by atoms with Gasteiger partial charge < -0.3 is 5.32 Å². The smallest absolute Gasteiger partial charge is 0.269 e. The maximum absolute atomic E-state index is 11.9. The van der Waals surface area contributed by atoms with Crippen LogP contribution in [0.2, 0.25) is 0 Å². The van der Waals surface area contributed by atoms with Gasteiger partial charge in [-0.1, -0.05) is 35.4 Å². The number of amides is 1. The molecule has 1 rings (SSSR count). The standard InChI is InChI=1S/C14H21IN2O/c1-11-9-12(2)17-13(10-11)14(18)16-8-6-4-3-5-7-15/h9-10H,3-8H2,1-2H3,(H,16,18). The number of carbonyl (C=O) groups is 1. The van der Waals surface area contributed by atoms with Crippen LogP contribution in [0.3, 0.4) is 0 Å². The summed E-state index contributed by atoms with van der Waals surface area (Å²) >= 11 is 2.39. The number of nitrogens with one attached hydrogen (secondary N) is 1. The molecule has 100 valence electrons. The monoisotopic (exact) mass is 360 g/mol. The van der Waals surface area contributed by atoms with Crippen LogP contribution in [0.4, 0.5) is 0 Å². The molecule has 0 fully saturated rings. The second kappa shape index (κ2) is 8.45. The average Bonchev–Trinajstić information content (AvgIpc) is 2.32. The van der Waals surface area contributed by atoms with Gasteiger partial charge in [0.15, 0.2) is 0 Å². The largest absolute Gasteiger partial charge is 0.351 e. The summed E-state index contributed by atoms with van der Waals surface area (Å²) in [5.74, 6) is -0.0595. The summed E-state index contributed by atoms with van der Waals surface area (Å²) in [5, 5.41) is 2.93. The van der Waals surface area contributed by atoms with Crippen molar-refractivity contribution in [2.75, 3.05) is 11.0 Å². The van der Waals surface area contributed by atoms with Crippen molar-refractivity contribution in [3.63, 3.8) is 0 Å². The third-order valence-electron chi connectivity index (χ3n) is 2.68. The maximum atomic E-state index is 11.9. The molecule has 1 aromatic rings. The van der Waals surface area contributed by atoms with Crippen molar-refractivity contribution in [1.29, 1.82) is 0 Å². The summed E-state index contributed by atoms with van der Waals surface area (Å²) in [5.41, 5.74) is 2.50. The van der Waals surface area contributed by atoms with E-state index >= 15 is 0 Å². The summed E-state index contributed by atoms with van der Waals surface area (Å²) < 4.78 is 1.22. The van der Waals surface area contributed by atoms with Gasteiger partial charge in [-0.15, -0.1) is 0 Å². The normalized spacial score (nSPS) is 10.4. The fraction of sp³-hybridized carbons (Fsp3) is 0.571. The molecule has 1 amide bonds. The van der Waals surface area contributed by atoms with Crippen molar-refractivity contribution >= 4 is 28.5 Å². The summed E-state index contributed by atoms with van der Waals surface area (Å²) in [6.07, 6.45) is 4.75. The first-order valence-corrected chi connectivity index (χ1v) is 7.95. The van der Waals surface area contributed by atoms with Crippen LogP contribution in [0.15, 0.2) is 12.1 Å². The Hall–Kier alpha value is -0.650. The molecule has 0 radical (unpaired) electrons. The van der Waals surface area contributed by atoms with Gasteiger partial charge in [-0.05, 0) is 48.8 Å². The van der Waals surface area contributed by atoms with E-state index in [0.717, 1.165) is 24.2 Å². The van der Waals surface area contributed by atoms with Gasteiger partial charge in [0.1, 0.15) is 5.69 Å². The Morgan fingerprint density at radius 2 is 1.94 bits per heavy atom. The molecule has 0 aliphatic rings. The van der Waals surface area contributed by atoms with Crippen LogP contribution in [0.5, 0.6) is 0 Å². The summed E-state index contributed by atoms with van der Waals surface area (Å²) in [6.45, 7) is 4.64. The number of unbranched alkanes of at least 4 members (excludes halogenated alkanes) is 3. The van der Waals surface area contributed by atoms with E-state index in [2.05, 4.69) is 32.9 Å². The Morgan fingerprint density at radius 1 is 1.22 bits per heavy atom. The number of nitrogens with zero attached hydrogens (tertiary/aromatic N) is 1. The molecule has 18 heavy (non-hydrogen) atoms. The van der Waals surface area contributed by atoms with Gasteiger partial charge in [-0.2, -0.15) is 0 Å². The Kier molecular flexibility index (Phi) is 7.23. The molecule has 0 spiro atoms. The van der Waals surface area contributed by atoms with Gasteiger partial charge in [0, 0.05) is 12.2 Å². The van der Waals surface area contributed by atoms with Crippen LogP contribution in [-0.4, -0.2) is 21.9 Å². The van der Waals surface area contributed by atoms with Crippen LogP contribution in [0.25, 0.3) is 0 Å². The minimum absolute atomic E-state index is 0.0595. The first-order chi connectivity index (χ1) is 8.63. The Bertz CT molecular complexity index is 373. The number of aromatic nitrogens is 1. The van der Waals surface area contributed by atoms with Gasteiger partial charge in [0.2, 0.25) is 0 Å². The molecular formula is C14H21IN2O. The van der Waals surface area contributed by atoms with E-state index in [9.17, 15) is 4.79 Å². The highest BCUT2D eigenvalue weighted by molar-refractivity contribution is 14.1. The molecule has 0 aliphatic heterocycles. The SMILES string of the molecule is Cc1cc(C)nc(C(=O)NCCCCCCI)c1. The number of halogens is 1. The lowest BCUT2D eigenvalue weighted by Gasteiger charge is -2.06. The van der Waals surface area contributed by atoms with Crippen LogP contribution in [0, 0.1) is 13.8 Å². The molecule has 1 heterocycles. The molecule has 0 unspecified atom stereocenters. The minimum Gasteiger partial charge on any atom is -0.351 e. The van der Waals surface area contributed by atoms with Crippen molar-refractivity contribution in [1.82, 2.24) is 10.3 Å². The third-order valence-corrected chi connectivity index (χ3v) is 3.44. The van der Waals surface area contributed by atoms with Gasteiger partial charge in [-0.3, -0.25) is 4.79 Å². The summed E-state index contributed by atoms with van der Waals surface area (Å²) in [6, 6.07) is 3.80. The van der Waals surface area contributed by atoms with E-state index < -0.39 is 0 Å². The maximum Gasteiger partial charge on any atom is 0.269 e. The van der Waals surface area contributed by atoms with E-state index in [1.807, 2.05) is 26.0 Å². The highest BCUT2D eigenvalue weighted by Crippen LogP contribution is 2.05. The van der Waals surface area contributed by atoms with E-state index in [4.69, 9.17) is 0 Å². The molecule has 3 nitrogen and oxygen atoms in total. The second-order valence-electron chi connectivity index (χ2n) is 4.53. The molecule has 0 atom stereocenters. The fourth-order valence-corrected chi connectivity index (χ4v) is 2.36. The van der Waals surface area contributed by atoms with E-state index in [1.54, 1.807) is 0 Å². The Labute approximate surface area is 123 Å². The second-order valence-corrected chi connectivity index (χ2v) is 5.61.